The molecule has 6 nitrogen and oxygen atoms in total. The SMILES string of the molecule is CCc1nn(-c2ccccc2)c(Oc2cccc(F)c2)c1CN(CC(O)COCc1ccccc1)C1CC1. The highest BCUT2D eigenvalue weighted by atomic mass is 19.1. The van der Waals surface area contributed by atoms with E-state index in [1.165, 1.54) is 12.1 Å². The molecule has 1 aliphatic carbocycles. The van der Waals surface area contributed by atoms with Gasteiger partial charge in [0.15, 0.2) is 0 Å². The van der Waals surface area contributed by atoms with Crippen molar-refractivity contribution < 1.29 is 19.0 Å². The zero-order chi connectivity index (χ0) is 26.3. The van der Waals surface area contributed by atoms with Crippen LogP contribution in [0.3, 0.4) is 0 Å². The summed E-state index contributed by atoms with van der Waals surface area (Å²) in [7, 11) is 0. The van der Waals surface area contributed by atoms with Crippen LogP contribution in [0.2, 0.25) is 0 Å². The smallest absolute Gasteiger partial charge is 0.227 e. The van der Waals surface area contributed by atoms with Gasteiger partial charge in [-0.15, -0.1) is 0 Å². The molecule has 7 heteroatoms. The van der Waals surface area contributed by atoms with Crippen LogP contribution in [0.15, 0.2) is 84.9 Å². The summed E-state index contributed by atoms with van der Waals surface area (Å²) >= 11 is 0. The normalized spacial score (nSPS) is 14.1. The molecule has 198 valence electrons. The Morgan fingerprint density at radius 1 is 1.03 bits per heavy atom. The maximum absolute atomic E-state index is 14.0. The highest BCUT2D eigenvalue weighted by Gasteiger charge is 2.33. The predicted molar refractivity (Wildman–Crippen MR) is 145 cm³/mol. The molecular weight excluding hydrogens is 481 g/mol. The second-order valence-electron chi connectivity index (χ2n) is 9.71. The maximum atomic E-state index is 14.0. The average molecular weight is 516 g/mol. The summed E-state index contributed by atoms with van der Waals surface area (Å²) in [4.78, 5) is 2.29. The molecule has 0 spiro atoms. The summed E-state index contributed by atoms with van der Waals surface area (Å²) in [5.74, 6) is 0.626. The van der Waals surface area contributed by atoms with Crippen molar-refractivity contribution in [1.82, 2.24) is 14.7 Å². The molecule has 0 radical (unpaired) electrons. The number of nitrogens with zero attached hydrogens (tertiary/aromatic N) is 3. The second-order valence-corrected chi connectivity index (χ2v) is 9.71. The number of halogens is 1. The third-order valence-electron chi connectivity index (χ3n) is 6.66. The first kappa shape index (κ1) is 26.1. The Morgan fingerprint density at radius 3 is 2.45 bits per heavy atom. The van der Waals surface area contributed by atoms with Crippen molar-refractivity contribution in [2.24, 2.45) is 0 Å². The van der Waals surface area contributed by atoms with E-state index in [1.807, 2.05) is 60.7 Å². The van der Waals surface area contributed by atoms with Crippen LogP contribution in [0, 0.1) is 5.82 Å². The standard InChI is InChI=1S/C31H34FN3O3/c1-2-30-29(20-34(25-16-17-25)19-27(36)22-37-21-23-10-5-3-6-11-23)31(38-28-15-9-12-24(32)18-28)35(33-30)26-13-7-4-8-14-26/h3-15,18,25,27,36H,2,16-17,19-22H2,1H3. The molecule has 0 bridgehead atoms. The summed E-state index contributed by atoms with van der Waals surface area (Å²) in [6.07, 6.45) is 2.27. The van der Waals surface area contributed by atoms with Crippen LogP contribution in [-0.4, -0.2) is 45.1 Å². The Labute approximate surface area is 223 Å². The van der Waals surface area contributed by atoms with Crippen molar-refractivity contribution in [2.75, 3.05) is 13.2 Å². The number of aryl methyl sites for hydroxylation is 1. The molecule has 1 N–H and O–H groups in total. The third kappa shape index (κ3) is 6.67. The number of aliphatic hydroxyl groups excluding tert-OH is 1. The average Bonchev–Trinajstić information content (AvgIpc) is 3.73. The summed E-state index contributed by atoms with van der Waals surface area (Å²) < 4.78 is 27.9. The summed E-state index contributed by atoms with van der Waals surface area (Å²) in [5, 5.41) is 15.7. The van der Waals surface area contributed by atoms with Gasteiger partial charge in [-0.05, 0) is 49.1 Å². The second kappa shape index (κ2) is 12.3. The number of aromatic nitrogens is 2. The lowest BCUT2D eigenvalue weighted by molar-refractivity contribution is 0.00693. The van der Waals surface area contributed by atoms with Gasteiger partial charge < -0.3 is 14.6 Å². The first-order valence-corrected chi connectivity index (χ1v) is 13.2. The largest absolute Gasteiger partial charge is 0.438 e. The molecule has 38 heavy (non-hydrogen) atoms. The van der Waals surface area contributed by atoms with Crippen LogP contribution in [0.25, 0.3) is 5.69 Å². The molecular formula is C31H34FN3O3. The predicted octanol–water partition coefficient (Wildman–Crippen LogP) is 5.91. The number of hydrogen-bond acceptors (Lipinski definition) is 5. The van der Waals surface area contributed by atoms with E-state index in [9.17, 15) is 9.50 Å². The topological polar surface area (TPSA) is 59.8 Å². The summed E-state index contributed by atoms with van der Waals surface area (Å²) in [6.45, 7) is 3.85. The fourth-order valence-electron chi connectivity index (χ4n) is 4.61. The van der Waals surface area contributed by atoms with Crippen molar-refractivity contribution in [2.45, 2.75) is 51.5 Å². The Bertz CT molecular complexity index is 1310. The fourth-order valence-corrected chi connectivity index (χ4v) is 4.61. The number of benzene rings is 3. The molecule has 1 saturated carbocycles. The minimum atomic E-state index is -0.624. The van der Waals surface area contributed by atoms with Crippen molar-refractivity contribution in [3.63, 3.8) is 0 Å². The van der Waals surface area contributed by atoms with Gasteiger partial charge in [0.1, 0.15) is 11.6 Å². The zero-order valence-corrected chi connectivity index (χ0v) is 21.7. The lowest BCUT2D eigenvalue weighted by Gasteiger charge is -2.25. The van der Waals surface area contributed by atoms with E-state index >= 15 is 0 Å². The number of para-hydroxylation sites is 1. The molecule has 0 aliphatic heterocycles. The van der Waals surface area contributed by atoms with Crippen molar-refractivity contribution in [1.29, 1.82) is 0 Å². The Hall–Kier alpha value is -3.52. The monoisotopic (exact) mass is 515 g/mol. The lowest BCUT2D eigenvalue weighted by atomic mass is 10.1. The van der Waals surface area contributed by atoms with Gasteiger partial charge >= 0.3 is 0 Å². The molecule has 4 aromatic rings. The first-order chi connectivity index (χ1) is 18.6. The molecule has 1 aliphatic rings. The van der Waals surface area contributed by atoms with Gasteiger partial charge in [0.25, 0.3) is 0 Å². The van der Waals surface area contributed by atoms with Gasteiger partial charge in [0.2, 0.25) is 5.88 Å². The molecule has 3 aromatic carbocycles. The number of hydrogen-bond donors (Lipinski definition) is 1. The maximum Gasteiger partial charge on any atom is 0.227 e. The highest BCUT2D eigenvalue weighted by Crippen LogP contribution is 2.35. The van der Waals surface area contributed by atoms with Gasteiger partial charge in [-0.3, -0.25) is 4.90 Å². The van der Waals surface area contributed by atoms with Crippen LogP contribution in [0.1, 0.15) is 36.6 Å². The van der Waals surface area contributed by atoms with E-state index in [1.54, 1.807) is 16.8 Å². The lowest BCUT2D eigenvalue weighted by Crippen LogP contribution is -2.36. The molecule has 1 aromatic heterocycles. The van der Waals surface area contributed by atoms with E-state index < -0.39 is 6.10 Å². The summed E-state index contributed by atoms with van der Waals surface area (Å²) in [5.41, 5.74) is 3.82. The van der Waals surface area contributed by atoms with E-state index in [2.05, 4.69) is 11.8 Å². The third-order valence-corrected chi connectivity index (χ3v) is 6.66. The Kier molecular flexibility index (Phi) is 8.48. The molecule has 1 fully saturated rings. The Balaban J connectivity index is 1.37. The van der Waals surface area contributed by atoms with Crippen molar-refractivity contribution in [3.05, 3.63) is 108 Å². The van der Waals surface area contributed by atoms with E-state index in [0.717, 1.165) is 41.8 Å². The minimum absolute atomic E-state index is 0.259. The zero-order valence-electron chi connectivity index (χ0n) is 21.7. The van der Waals surface area contributed by atoms with Gasteiger partial charge in [0, 0.05) is 25.2 Å². The van der Waals surface area contributed by atoms with Gasteiger partial charge in [0.05, 0.1) is 36.3 Å². The number of ether oxygens (including phenoxy) is 2. The summed E-state index contributed by atoms with van der Waals surface area (Å²) in [6, 6.07) is 26.3. The minimum Gasteiger partial charge on any atom is -0.438 e. The van der Waals surface area contributed by atoms with Crippen LogP contribution < -0.4 is 4.74 Å². The molecule has 0 amide bonds. The van der Waals surface area contributed by atoms with E-state index in [-0.39, 0.29) is 12.4 Å². The van der Waals surface area contributed by atoms with Crippen molar-refractivity contribution in [3.8, 4) is 17.3 Å². The van der Waals surface area contributed by atoms with Crippen LogP contribution in [-0.2, 0) is 24.3 Å². The number of aliphatic hydroxyl groups is 1. The fraction of sp³-hybridized carbons (Fsp3) is 0.323. The van der Waals surface area contributed by atoms with E-state index in [0.29, 0.717) is 37.4 Å². The first-order valence-electron chi connectivity index (χ1n) is 13.2. The Morgan fingerprint density at radius 2 is 1.76 bits per heavy atom. The van der Waals surface area contributed by atoms with Gasteiger partial charge in [-0.2, -0.15) is 5.10 Å². The quantitative estimate of drug-likeness (QED) is 0.240. The molecule has 0 saturated heterocycles. The molecule has 5 rings (SSSR count). The van der Waals surface area contributed by atoms with Crippen LogP contribution in [0.5, 0.6) is 11.6 Å². The van der Waals surface area contributed by atoms with Crippen LogP contribution >= 0.6 is 0 Å². The van der Waals surface area contributed by atoms with Crippen molar-refractivity contribution >= 4 is 0 Å². The van der Waals surface area contributed by atoms with Gasteiger partial charge in [-0.25, -0.2) is 9.07 Å². The number of rotatable bonds is 13. The molecule has 1 unspecified atom stereocenters. The molecule has 1 heterocycles. The van der Waals surface area contributed by atoms with E-state index in [4.69, 9.17) is 14.6 Å². The highest BCUT2D eigenvalue weighted by molar-refractivity contribution is 5.44. The molecule has 1 atom stereocenters. The van der Waals surface area contributed by atoms with Crippen LogP contribution in [0.4, 0.5) is 4.39 Å². The van der Waals surface area contributed by atoms with Gasteiger partial charge in [-0.1, -0.05) is 61.5 Å².